The number of carbonyl (C=O) groups excluding carboxylic acids is 1. The van der Waals surface area contributed by atoms with Gasteiger partial charge in [-0.2, -0.15) is 0 Å². The van der Waals surface area contributed by atoms with Crippen LogP contribution in [0.2, 0.25) is 0 Å². The molecule has 1 fully saturated rings. The number of aryl methyl sites for hydroxylation is 2. The lowest BCUT2D eigenvalue weighted by atomic mass is 9.98. The van der Waals surface area contributed by atoms with E-state index in [1.807, 2.05) is 13.8 Å². The maximum Gasteiger partial charge on any atom is 0.240 e. The summed E-state index contributed by atoms with van der Waals surface area (Å²) in [5.41, 5.74) is 1.96. The first kappa shape index (κ1) is 21.9. The van der Waals surface area contributed by atoms with Crippen LogP contribution in [-0.2, 0) is 19.6 Å². The first-order valence-electron chi connectivity index (χ1n) is 9.84. The molecule has 0 atom stereocenters. The van der Waals surface area contributed by atoms with E-state index < -0.39 is 10.0 Å². The highest BCUT2D eigenvalue weighted by Gasteiger charge is 2.15. The predicted octanol–water partition coefficient (Wildman–Crippen LogP) is 2.83. The monoisotopic (exact) mass is 396 g/mol. The highest BCUT2D eigenvalue weighted by molar-refractivity contribution is 7.89. The zero-order valence-corrected chi connectivity index (χ0v) is 17.2. The summed E-state index contributed by atoms with van der Waals surface area (Å²) in [7, 11) is -3.59. The minimum Gasteiger partial charge on any atom is -0.378 e. The van der Waals surface area contributed by atoms with Crippen molar-refractivity contribution in [2.24, 2.45) is 0 Å². The van der Waals surface area contributed by atoms with Crippen LogP contribution in [0.25, 0.3) is 0 Å². The highest BCUT2D eigenvalue weighted by atomic mass is 32.2. The van der Waals surface area contributed by atoms with Crippen molar-refractivity contribution >= 4 is 15.9 Å². The Bertz CT molecular complexity index is 713. The second-order valence-corrected chi connectivity index (χ2v) is 9.00. The summed E-state index contributed by atoms with van der Waals surface area (Å²) in [6, 6.07) is 5.01. The number of carbonyl (C=O) groups is 1. The molecule has 0 heterocycles. The maximum atomic E-state index is 12.3. The molecule has 1 saturated carbocycles. The average molecular weight is 397 g/mol. The molecule has 0 aromatic heterocycles. The summed E-state index contributed by atoms with van der Waals surface area (Å²) in [6.07, 6.45) is 7.38. The number of benzene rings is 1. The van der Waals surface area contributed by atoms with E-state index in [4.69, 9.17) is 4.74 Å². The number of hydrogen-bond donors (Lipinski definition) is 2. The van der Waals surface area contributed by atoms with E-state index in [1.165, 1.54) is 19.3 Å². The maximum absolute atomic E-state index is 12.3. The molecule has 2 N–H and O–H groups in total. The average Bonchev–Trinajstić information content (AvgIpc) is 2.64. The van der Waals surface area contributed by atoms with Gasteiger partial charge in [-0.25, -0.2) is 13.1 Å². The lowest BCUT2D eigenvalue weighted by Crippen LogP contribution is -2.31. The number of nitrogens with one attached hydrogen (secondary N) is 2. The minimum absolute atomic E-state index is 0.0830. The van der Waals surface area contributed by atoms with E-state index in [0.717, 1.165) is 30.4 Å². The Hall–Kier alpha value is -1.44. The molecule has 0 bridgehead atoms. The standard InChI is InChI=1S/C20H32N2O4S/c1-16-9-10-19(15-17(16)2)27(24,25)22-13-11-20(23)21-12-6-14-26-18-7-4-3-5-8-18/h9-10,15,18,22H,3-8,11-14H2,1-2H3,(H,21,23). The van der Waals surface area contributed by atoms with Crippen LogP contribution >= 0.6 is 0 Å². The third-order valence-electron chi connectivity index (χ3n) is 4.98. The SMILES string of the molecule is Cc1ccc(S(=O)(=O)NCCC(=O)NCCCOC2CCCCC2)cc1C. The minimum atomic E-state index is -3.59. The smallest absolute Gasteiger partial charge is 0.240 e. The first-order valence-corrected chi connectivity index (χ1v) is 11.3. The normalized spacial score (nSPS) is 15.6. The van der Waals surface area contributed by atoms with Gasteiger partial charge in [-0.1, -0.05) is 25.3 Å². The molecule has 27 heavy (non-hydrogen) atoms. The number of ether oxygens (including phenoxy) is 1. The van der Waals surface area contributed by atoms with Gasteiger partial charge in [0.15, 0.2) is 0 Å². The van der Waals surface area contributed by atoms with Crippen LogP contribution in [0.4, 0.5) is 0 Å². The van der Waals surface area contributed by atoms with Crippen LogP contribution in [0.5, 0.6) is 0 Å². The summed E-state index contributed by atoms with van der Waals surface area (Å²) in [6.45, 7) is 5.10. The molecule has 0 unspecified atom stereocenters. The fourth-order valence-electron chi connectivity index (χ4n) is 3.13. The van der Waals surface area contributed by atoms with E-state index in [-0.39, 0.29) is 23.8 Å². The van der Waals surface area contributed by atoms with Crippen LogP contribution in [0.3, 0.4) is 0 Å². The molecule has 0 saturated heterocycles. The molecule has 1 aromatic carbocycles. The molecule has 2 rings (SSSR count). The Morgan fingerprint density at radius 3 is 2.56 bits per heavy atom. The molecular formula is C20H32N2O4S. The molecule has 1 aromatic rings. The van der Waals surface area contributed by atoms with Crippen LogP contribution in [0, 0.1) is 13.8 Å². The molecule has 152 valence electrons. The first-order chi connectivity index (χ1) is 12.9. The zero-order chi connectivity index (χ0) is 19.7. The van der Waals surface area contributed by atoms with Crippen LogP contribution in [-0.4, -0.2) is 40.1 Å². The van der Waals surface area contributed by atoms with Crippen molar-refractivity contribution in [2.45, 2.75) is 69.8 Å². The largest absolute Gasteiger partial charge is 0.378 e. The van der Waals surface area contributed by atoms with Crippen molar-refractivity contribution in [1.82, 2.24) is 10.0 Å². The van der Waals surface area contributed by atoms with Gasteiger partial charge in [0.2, 0.25) is 15.9 Å². The molecule has 1 aliphatic carbocycles. The summed E-state index contributed by atoms with van der Waals surface area (Å²) in [4.78, 5) is 12.1. The molecule has 0 aliphatic heterocycles. The fourth-order valence-corrected chi connectivity index (χ4v) is 4.25. The molecule has 6 nitrogen and oxygen atoms in total. The Labute approximate surface area is 163 Å². The molecule has 1 aliphatic rings. The van der Waals surface area contributed by atoms with Crippen LogP contribution in [0.1, 0.15) is 56.1 Å². The zero-order valence-electron chi connectivity index (χ0n) is 16.4. The summed E-state index contributed by atoms with van der Waals surface area (Å²) in [5.74, 6) is -0.157. The second kappa shape index (κ2) is 10.8. The Balaban J connectivity index is 1.60. The summed E-state index contributed by atoms with van der Waals surface area (Å²) < 4.78 is 32.8. The number of hydrogen-bond acceptors (Lipinski definition) is 4. The second-order valence-electron chi connectivity index (χ2n) is 7.23. The molecule has 1 amide bonds. The van der Waals surface area contributed by atoms with Crippen LogP contribution in [0.15, 0.2) is 23.1 Å². The van der Waals surface area contributed by atoms with Crippen molar-refractivity contribution in [3.8, 4) is 0 Å². The van der Waals surface area contributed by atoms with E-state index in [2.05, 4.69) is 10.0 Å². The van der Waals surface area contributed by atoms with Crippen molar-refractivity contribution in [2.75, 3.05) is 19.7 Å². The Morgan fingerprint density at radius 2 is 1.85 bits per heavy atom. The van der Waals surface area contributed by atoms with Gasteiger partial charge in [-0.05, 0) is 56.4 Å². The number of sulfonamides is 1. The van der Waals surface area contributed by atoms with Gasteiger partial charge in [-0.3, -0.25) is 4.79 Å². The van der Waals surface area contributed by atoms with Gasteiger partial charge >= 0.3 is 0 Å². The van der Waals surface area contributed by atoms with Crippen molar-refractivity contribution in [3.05, 3.63) is 29.3 Å². The van der Waals surface area contributed by atoms with Gasteiger partial charge in [-0.15, -0.1) is 0 Å². The molecular weight excluding hydrogens is 364 g/mol. The Morgan fingerprint density at radius 1 is 1.11 bits per heavy atom. The number of amides is 1. The van der Waals surface area contributed by atoms with Gasteiger partial charge in [0.05, 0.1) is 11.0 Å². The van der Waals surface area contributed by atoms with E-state index in [0.29, 0.717) is 19.3 Å². The van der Waals surface area contributed by atoms with Crippen LogP contribution < -0.4 is 10.0 Å². The van der Waals surface area contributed by atoms with Gasteiger partial charge in [0.1, 0.15) is 0 Å². The predicted molar refractivity (Wildman–Crippen MR) is 106 cm³/mol. The quantitative estimate of drug-likeness (QED) is 0.596. The van der Waals surface area contributed by atoms with Gasteiger partial charge in [0, 0.05) is 26.1 Å². The number of rotatable bonds is 10. The summed E-state index contributed by atoms with van der Waals surface area (Å²) >= 11 is 0. The lowest BCUT2D eigenvalue weighted by Gasteiger charge is -2.21. The van der Waals surface area contributed by atoms with Gasteiger partial charge in [0.25, 0.3) is 0 Å². The molecule has 0 spiro atoms. The van der Waals surface area contributed by atoms with E-state index >= 15 is 0 Å². The lowest BCUT2D eigenvalue weighted by molar-refractivity contribution is -0.121. The third kappa shape index (κ3) is 7.60. The Kier molecular flexibility index (Phi) is 8.73. The molecule has 0 radical (unpaired) electrons. The topological polar surface area (TPSA) is 84.5 Å². The van der Waals surface area contributed by atoms with Crippen molar-refractivity contribution < 1.29 is 17.9 Å². The molecule has 7 heteroatoms. The van der Waals surface area contributed by atoms with E-state index in [1.54, 1.807) is 18.2 Å². The fraction of sp³-hybridized carbons (Fsp3) is 0.650. The van der Waals surface area contributed by atoms with Crippen molar-refractivity contribution in [3.63, 3.8) is 0 Å². The highest BCUT2D eigenvalue weighted by Crippen LogP contribution is 2.20. The van der Waals surface area contributed by atoms with E-state index in [9.17, 15) is 13.2 Å². The van der Waals surface area contributed by atoms with Gasteiger partial charge < -0.3 is 10.1 Å². The van der Waals surface area contributed by atoms with Crippen molar-refractivity contribution in [1.29, 1.82) is 0 Å². The third-order valence-corrected chi connectivity index (χ3v) is 6.44. The summed E-state index contributed by atoms with van der Waals surface area (Å²) in [5, 5.41) is 2.81.